The average Bonchev–Trinajstić information content (AvgIpc) is 2.52. The van der Waals surface area contributed by atoms with E-state index in [1.54, 1.807) is 12.1 Å². The zero-order chi connectivity index (χ0) is 11.7. The Hall–Kier alpha value is -0.320. The molecule has 1 heterocycles. The minimum atomic E-state index is -0.650. The van der Waals surface area contributed by atoms with Crippen LogP contribution < -0.4 is 0 Å². The molecule has 0 radical (unpaired) electrons. The summed E-state index contributed by atoms with van der Waals surface area (Å²) < 4.78 is 0. The number of likely N-dealkylation sites (tertiary alicyclic amines) is 1. The number of benzene rings is 1. The minimum absolute atomic E-state index is 0.488. The van der Waals surface area contributed by atoms with Crippen LogP contribution in [0.2, 0.25) is 10.0 Å². The Morgan fingerprint density at radius 3 is 2.31 bits per heavy atom. The van der Waals surface area contributed by atoms with Gasteiger partial charge in [0.2, 0.25) is 0 Å². The molecule has 1 aromatic rings. The summed E-state index contributed by atoms with van der Waals surface area (Å²) in [5.74, 6) is 0. The van der Waals surface area contributed by atoms with Crippen molar-refractivity contribution in [3.8, 4) is 0 Å². The smallest absolute Gasteiger partial charge is 0.0938 e. The molecule has 1 aliphatic rings. The number of aliphatic hydroxyl groups excluding tert-OH is 2. The number of hydrogen-bond acceptors (Lipinski definition) is 3. The lowest BCUT2D eigenvalue weighted by molar-refractivity contribution is 0.0572. The van der Waals surface area contributed by atoms with Crippen molar-refractivity contribution in [3.63, 3.8) is 0 Å². The van der Waals surface area contributed by atoms with Gasteiger partial charge in [0, 0.05) is 19.6 Å². The zero-order valence-corrected chi connectivity index (χ0v) is 10.1. The molecule has 1 aromatic carbocycles. The van der Waals surface area contributed by atoms with Crippen molar-refractivity contribution in [2.45, 2.75) is 18.8 Å². The normalized spacial score (nSPS) is 26.2. The topological polar surface area (TPSA) is 43.7 Å². The van der Waals surface area contributed by atoms with E-state index in [1.165, 1.54) is 0 Å². The van der Waals surface area contributed by atoms with Gasteiger partial charge in [-0.05, 0) is 17.7 Å². The molecule has 5 heteroatoms. The van der Waals surface area contributed by atoms with Gasteiger partial charge in [-0.25, -0.2) is 0 Å². The van der Waals surface area contributed by atoms with Crippen molar-refractivity contribution in [2.75, 3.05) is 13.1 Å². The zero-order valence-electron chi connectivity index (χ0n) is 8.61. The molecule has 2 rings (SSSR count). The molecule has 0 aromatic heterocycles. The van der Waals surface area contributed by atoms with Gasteiger partial charge >= 0.3 is 0 Å². The van der Waals surface area contributed by atoms with Crippen LogP contribution in [0, 0.1) is 0 Å². The van der Waals surface area contributed by atoms with E-state index in [-0.39, 0.29) is 0 Å². The predicted octanol–water partition coefficient (Wildman–Crippen LogP) is 1.53. The molecular formula is C11H13Cl2NO2. The highest BCUT2D eigenvalue weighted by atomic mass is 35.5. The van der Waals surface area contributed by atoms with E-state index in [9.17, 15) is 10.2 Å². The molecule has 0 bridgehead atoms. The first-order valence-electron chi connectivity index (χ1n) is 5.08. The van der Waals surface area contributed by atoms with Gasteiger partial charge in [0.25, 0.3) is 0 Å². The SMILES string of the molecule is O[C@@H]1CN(Cc2ccc(Cl)c(Cl)c2)C[C@@H]1O. The molecule has 1 saturated heterocycles. The molecule has 2 atom stereocenters. The third kappa shape index (κ3) is 2.67. The van der Waals surface area contributed by atoms with Crippen LogP contribution in [0.15, 0.2) is 18.2 Å². The Balaban J connectivity index is 2.02. The molecule has 88 valence electrons. The molecule has 3 nitrogen and oxygen atoms in total. The lowest BCUT2D eigenvalue weighted by atomic mass is 10.2. The number of aliphatic hydroxyl groups is 2. The molecule has 0 unspecified atom stereocenters. The van der Waals surface area contributed by atoms with Crippen molar-refractivity contribution in [2.24, 2.45) is 0 Å². The Kier molecular flexibility index (Phi) is 3.72. The number of halogens is 2. The first-order chi connectivity index (χ1) is 7.56. The van der Waals surface area contributed by atoms with Gasteiger partial charge in [-0.1, -0.05) is 29.3 Å². The number of rotatable bonds is 2. The summed E-state index contributed by atoms with van der Waals surface area (Å²) in [7, 11) is 0. The van der Waals surface area contributed by atoms with Crippen LogP contribution >= 0.6 is 23.2 Å². The van der Waals surface area contributed by atoms with Crippen molar-refractivity contribution in [1.29, 1.82) is 0 Å². The summed E-state index contributed by atoms with van der Waals surface area (Å²) in [6, 6.07) is 5.45. The van der Waals surface area contributed by atoms with E-state index >= 15 is 0 Å². The molecule has 1 fully saturated rings. The quantitative estimate of drug-likeness (QED) is 0.849. The Bertz CT molecular complexity index is 376. The fourth-order valence-corrected chi connectivity index (χ4v) is 2.19. The molecule has 0 saturated carbocycles. The second-order valence-electron chi connectivity index (χ2n) is 4.08. The molecule has 1 aliphatic heterocycles. The highest BCUT2D eigenvalue weighted by Crippen LogP contribution is 2.24. The van der Waals surface area contributed by atoms with Crippen molar-refractivity contribution >= 4 is 23.2 Å². The first-order valence-corrected chi connectivity index (χ1v) is 5.84. The van der Waals surface area contributed by atoms with Crippen LogP contribution in [0.1, 0.15) is 5.56 Å². The Morgan fingerprint density at radius 1 is 1.12 bits per heavy atom. The Morgan fingerprint density at radius 2 is 1.75 bits per heavy atom. The predicted molar refractivity (Wildman–Crippen MR) is 63.8 cm³/mol. The van der Waals surface area contributed by atoms with E-state index in [0.717, 1.165) is 5.56 Å². The van der Waals surface area contributed by atoms with Gasteiger partial charge < -0.3 is 10.2 Å². The number of nitrogens with zero attached hydrogens (tertiary/aromatic N) is 1. The minimum Gasteiger partial charge on any atom is -0.389 e. The number of hydrogen-bond donors (Lipinski definition) is 2. The fraction of sp³-hybridized carbons (Fsp3) is 0.455. The summed E-state index contributed by atoms with van der Waals surface area (Å²) in [6.07, 6.45) is -1.30. The van der Waals surface area contributed by atoms with Crippen molar-refractivity contribution < 1.29 is 10.2 Å². The lowest BCUT2D eigenvalue weighted by Crippen LogP contribution is -2.22. The van der Waals surface area contributed by atoms with Crippen molar-refractivity contribution in [1.82, 2.24) is 4.90 Å². The first kappa shape index (κ1) is 12.1. The van der Waals surface area contributed by atoms with Crippen LogP contribution in [0.5, 0.6) is 0 Å². The summed E-state index contributed by atoms with van der Waals surface area (Å²) in [4.78, 5) is 1.98. The molecule has 0 aliphatic carbocycles. The van der Waals surface area contributed by atoms with E-state index in [1.807, 2.05) is 11.0 Å². The van der Waals surface area contributed by atoms with Crippen LogP contribution in [0.25, 0.3) is 0 Å². The Labute approximate surface area is 104 Å². The van der Waals surface area contributed by atoms with E-state index in [0.29, 0.717) is 29.7 Å². The second kappa shape index (κ2) is 4.90. The molecule has 0 spiro atoms. The molecule has 2 N–H and O–H groups in total. The van der Waals surface area contributed by atoms with Gasteiger partial charge in [-0.15, -0.1) is 0 Å². The molecule has 0 amide bonds. The van der Waals surface area contributed by atoms with E-state index in [2.05, 4.69) is 0 Å². The summed E-state index contributed by atoms with van der Waals surface area (Å²) in [5.41, 5.74) is 1.02. The van der Waals surface area contributed by atoms with Crippen molar-refractivity contribution in [3.05, 3.63) is 33.8 Å². The van der Waals surface area contributed by atoms with Gasteiger partial charge in [-0.3, -0.25) is 4.90 Å². The lowest BCUT2D eigenvalue weighted by Gasteiger charge is -2.14. The maximum Gasteiger partial charge on any atom is 0.0938 e. The molecular weight excluding hydrogens is 249 g/mol. The highest BCUT2D eigenvalue weighted by Gasteiger charge is 2.29. The standard InChI is InChI=1S/C11H13Cl2NO2/c12-8-2-1-7(3-9(8)13)4-14-5-10(15)11(16)6-14/h1-3,10-11,15-16H,4-6H2/t10-,11+. The summed E-state index contributed by atoms with van der Waals surface area (Å²) >= 11 is 11.7. The third-order valence-electron chi connectivity index (χ3n) is 2.72. The van der Waals surface area contributed by atoms with E-state index < -0.39 is 12.2 Å². The van der Waals surface area contributed by atoms with Gasteiger partial charge in [0.05, 0.1) is 22.3 Å². The monoisotopic (exact) mass is 261 g/mol. The van der Waals surface area contributed by atoms with Crippen LogP contribution in [-0.2, 0) is 6.54 Å². The highest BCUT2D eigenvalue weighted by molar-refractivity contribution is 6.42. The van der Waals surface area contributed by atoms with Gasteiger partial charge in [0.1, 0.15) is 0 Å². The summed E-state index contributed by atoms with van der Waals surface area (Å²) in [5, 5.41) is 19.9. The average molecular weight is 262 g/mol. The largest absolute Gasteiger partial charge is 0.389 e. The van der Waals surface area contributed by atoms with Gasteiger partial charge in [0.15, 0.2) is 0 Å². The fourth-order valence-electron chi connectivity index (χ4n) is 1.87. The number of β-amino-alcohol motifs (C(OH)–C–C–N with tert-alkyl or cyclic N) is 2. The van der Waals surface area contributed by atoms with Crippen LogP contribution in [0.4, 0.5) is 0 Å². The molecule has 16 heavy (non-hydrogen) atoms. The third-order valence-corrected chi connectivity index (χ3v) is 3.46. The second-order valence-corrected chi connectivity index (χ2v) is 4.89. The summed E-state index contributed by atoms with van der Waals surface area (Å²) in [6.45, 7) is 1.63. The maximum atomic E-state index is 9.41. The maximum absolute atomic E-state index is 9.41. The van der Waals surface area contributed by atoms with Crippen LogP contribution in [0.3, 0.4) is 0 Å². The van der Waals surface area contributed by atoms with Gasteiger partial charge in [-0.2, -0.15) is 0 Å². The van der Waals surface area contributed by atoms with E-state index in [4.69, 9.17) is 23.2 Å². The van der Waals surface area contributed by atoms with Crippen LogP contribution in [-0.4, -0.2) is 40.4 Å².